The third-order valence-corrected chi connectivity index (χ3v) is 2.60. The first kappa shape index (κ1) is 11.9. The molecule has 0 amide bonds. The molecule has 88 valence electrons. The highest BCUT2D eigenvalue weighted by atomic mass is 35.5. The smallest absolute Gasteiger partial charge is 0.177 e. The fraction of sp³-hybridized carbons (Fsp3) is 0. The summed E-state index contributed by atoms with van der Waals surface area (Å²) in [4.78, 5) is 3.76. The highest BCUT2D eigenvalue weighted by molar-refractivity contribution is 6.31. The average Bonchev–Trinajstić information content (AvgIpc) is 2.76. The van der Waals surface area contributed by atoms with E-state index in [1.54, 1.807) is 6.07 Å². The molecule has 0 bridgehead atoms. The van der Waals surface area contributed by atoms with Gasteiger partial charge in [0.25, 0.3) is 0 Å². The fourth-order valence-corrected chi connectivity index (χ4v) is 1.64. The van der Waals surface area contributed by atoms with E-state index in [0.717, 1.165) is 6.07 Å². The SMILES string of the molecule is N#Cc1ncn(-c2cc(Cl)c(F)cc2N)c1C#N. The number of rotatable bonds is 1. The molecule has 18 heavy (non-hydrogen) atoms. The van der Waals surface area contributed by atoms with E-state index in [4.69, 9.17) is 27.9 Å². The zero-order chi connectivity index (χ0) is 13.3. The van der Waals surface area contributed by atoms with Crippen LogP contribution in [0.2, 0.25) is 5.02 Å². The summed E-state index contributed by atoms with van der Waals surface area (Å²) in [6.07, 6.45) is 1.26. The monoisotopic (exact) mass is 261 g/mol. The van der Waals surface area contributed by atoms with Crippen LogP contribution in [-0.4, -0.2) is 9.55 Å². The third kappa shape index (κ3) is 1.75. The number of nitriles is 2. The predicted molar refractivity (Wildman–Crippen MR) is 62.4 cm³/mol. The van der Waals surface area contributed by atoms with Gasteiger partial charge in [-0.2, -0.15) is 10.5 Å². The minimum atomic E-state index is -0.656. The van der Waals surface area contributed by atoms with E-state index in [-0.39, 0.29) is 22.1 Å². The quantitative estimate of drug-likeness (QED) is 0.795. The standard InChI is InChI=1S/C11H5ClFN5/c12-6-1-10(8(16)2-7(6)13)18-5-17-9(3-14)11(18)4-15/h1-2,5H,16H2. The van der Waals surface area contributed by atoms with E-state index in [1.807, 2.05) is 6.07 Å². The Morgan fingerprint density at radius 2 is 2.06 bits per heavy atom. The topological polar surface area (TPSA) is 91.4 Å². The van der Waals surface area contributed by atoms with E-state index in [1.165, 1.54) is 17.0 Å². The van der Waals surface area contributed by atoms with Crippen molar-refractivity contribution >= 4 is 17.3 Å². The second-order valence-corrected chi connectivity index (χ2v) is 3.77. The summed E-state index contributed by atoms with van der Waals surface area (Å²) in [5.41, 5.74) is 6.04. The summed E-state index contributed by atoms with van der Waals surface area (Å²) in [5, 5.41) is 17.6. The summed E-state index contributed by atoms with van der Waals surface area (Å²) in [7, 11) is 0. The zero-order valence-corrected chi connectivity index (χ0v) is 9.61. The van der Waals surface area contributed by atoms with E-state index in [9.17, 15) is 4.39 Å². The van der Waals surface area contributed by atoms with E-state index < -0.39 is 5.82 Å². The predicted octanol–water partition coefficient (Wildman–Crippen LogP) is 1.99. The van der Waals surface area contributed by atoms with Crippen LogP contribution < -0.4 is 5.73 Å². The molecule has 5 nitrogen and oxygen atoms in total. The van der Waals surface area contributed by atoms with Gasteiger partial charge < -0.3 is 5.73 Å². The lowest BCUT2D eigenvalue weighted by Gasteiger charge is -2.08. The Hall–Kier alpha value is -2.57. The molecule has 2 N–H and O–H groups in total. The Kier molecular flexibility index (Phi) is 2.88. The molecule has 0 radical (unpaired) electrons. The van der Waals surface area contributed by atoms with Gasteiger partial charge >= 0.3 is 0 Å². The number of nitrogens with two attached hydrogens (primary N) is 1. The minimum Gasteiger partial charge on any atom is -0.397 e. The maximum atomic E-state index is 13.2. The lowest BCUT2D eigenvalue weighted by atomic mass is 10.2. The molecule has 2 aromatic rings. The van der Waals surface area contributed by atoms with Crippen molar-refractivity contribution < 1.29 is 4.39 Å². The molecule has 0 saturated heterocycles. The Balaban J connectivity index is 2.71. The lowest BCUT2D eigenvalue weighted by Crippen LogP contribution is -2.02. The molecule has 0 spiro atoms. The lowest BCUT2D eigenvalue weighted by molar-refractivity contribution is 0.628. The number of hydrogen-bond acceptors (Lipinski definition) is 4. The Morgan fingerprint density at radius 1 is 1.33 bits per heavy atom. The first-order chi connectivity index (χ1) is 8.58. The molecule has 0 atom stereocenters. The molecule has 0 fully saturated rings. The summed E-state index contributed by atoms with van der Waals surface area (Å²) in [6.45, 7) is 0. The van der Waals surface area contributed by atoms with Gasteiger partial charge in [0, 0.05) is 6.07 Å². The fourth-order valence-electron chi connectivity index (χ4n) is 1.48. The molecule has 1 heterocycles. The highest BCUT2D eigenvalue weighted by Gasteiger charge is 2.15. The number of nitrogen functional groups attached to an aromatic ring is 1. The van der Waals surface area contributed by atoms with Gasteiger partial charge in [0.1, 0.15) is 24.3 Å². The normalized spacial score (nSPS) is 9.78. The number of imidazole rings is 1. The van der Waals surface area contributed by atoms with E-state index >= 15 is 0 Å². The molecule has 0 saturated carbocycles. The summed E-state index contributed by atoms with van der Waals surface area (Å²) < 4.78 is 14.5. The number of nitrogens with zero attached hydrogens (tertiary/aromatic N) is 4. The molecular formula is C11H5ClFN5. The van der Waals surface area contributed by atoms with Gasteiger partial charge in [-0.25, -0.2) is 9.37 Å². The number of hydrogen-bond donors (Lipinski definition) is 1. The van der Waals surface area contributed by atoms with Crippen LogP contribution >= 0.6 is 11.6 Å². The number of benzene rings is 1. The van der Waals surface area contributed by atoms with Crippen molar-refractivity contribution in [2.45, 2.75) is 0 Å². The Labute approximate surface area is 106 Å². The van der Waals surface area contributed by atoms with Crippen LogP contribution in [0.1, 0.15) is 11.4 Å². The summed E-state index contributed by atoms with van der Waals surface area (Å²) in [5.74, 6) is -0.656. The van der Waals surface area contributed by atoms with Gasteiger partial charge in [-0.15, -0.1) is 0 Å². The second-order valence-electron chi connectivity index (χ2n) is 3.36. The first-order valence-electron chi connectivity index (χ1n) is 4.71. The van der Waals surface area contributed by atoms with Crippen LogP contribution in [0.15, 0.2) is 18.5 Å². The van der Waals surface area contributed by atoms with Crippen LogP contribution in [0.5, 0.6) is 0 Å². The van der Waals surface area contributed by atoms with Crippen molar-refractivity contribution in [3.63, 3.8) is 0 Å². The molecular weight excluding hydrogens is 257 g/mol. The highest BCUT2D eigenvalue weighted by Crippen LogP contribution is 2.26. The molecule has 0 aliphatic rings. The Bertz CT molecular complexity index is 707. The molecule has 0 aliphatic heterocycles. The van der Waals surface area contributed by atoms with Gasteiger partial charge in [0.05, 0.1) is 16.4 Å². The van der Waals surface area contributed by atoms with Crippen molar-refractivity contribution in [3.05, 3.63) is 40.7 Å². The number of anilines is 1. The molecule has 1 aromatic heterocycles. The first-order valence-corrected chi connectivity index (χ1v) is 5.08. The van der Waals surface area contributed by atoms with Gasteiger partial charge in [0.2, 0.25) is 0 Å². The van der Waals surface area contributed by atoms with Crippen LogP contribution in [0, 0.1) is 28.5 Å². The zero-order valence-electron chi connectivity index (χ0n) is 8.85. The molecule has 7 heteroatoms. The van der Waals surface area contributed by atoms with Crippen LogP contribution in [0.3, 0.4) is 0 Å². The van der Waals surface area contributed by atoms with Crippen LogP contribution in [-0.2, 0) is 0 Å². The van der Waals surface area contributed by atoms with Gasteiger partial charge in [0.15, 0.2) is 11.4 Å². The number of aromatic nitrogens is 2. The number of halogens is 2. The Morgan fingerprint density at radius 3 is 2.67 bits per heavy atom. The van der Waals surface area contributed by atoms with Gasteiger partial charge in [-0.1, -0.05) is 11.6 Å². The third-order valence-electron chi connectivity index (χ3n) is 2.31. The maximum absolute atomic E-state index is 13.2. The van der Waals surface area contributed by atoms with Crippen molar-refractivity contribution in [2.75, 3.05) is 5.73 Å². The average molecular weight is 262 g/mol. The van der Waals surface area contributed by atoms with Crippen molar-refractivity contribution in [3.8, 4) is 17.8 Å². The summed E-state index contributed by atoms with van der Waals surface area (Å²) >= 11 is 5.66. The maximum Gasteiger partial charge on any atom is 0.177 e. The second kappa shape index (κ2) is 4.36. The van der Waals surface area contributed by atoms with Crippen molar-refractivity contribution in [1.82, 2.24) is 9.55 Å². The molecule has 0 aliphatic carbocycles. The molecule has 1 aromatic carbocycles. The summed E-state index contributed by atoms with van der Waals surface area (Å²) in [6, 6.07) is 5.94. The molecule has 2 rings (SSSR count). The van der Waals surface area contributed by atoms with Crippen LogP contribution in [0.4, 0.5) is 10.1 Å². The largest absolute Gasteiger partial charge is 0.397 e. The van der Waals surface area contributed by atoms with E-state index in [0.29, 0.717) is 5.69 Å². The van der Waals surface area contributed by atoms with Crippen molar-refractivity contribution in [2.24, 2.45) is 0 Å². The minimum absolute atomic E-state index is 0.0203. The van der Waals surface area contributed by atoms with Gasteiger partial charge in [-0.3, -0.25) is 4.57 Å². The van der Waals surface area contributed by atoms with E-state index in [2.05, 4.69) is 4.98 Å². The van der Waals surface area contributed by atoms with Crippen molar-refractivity contribution in [1.29, 1.82) is 10.5 Å². The molecule has 0 unspecified atom stereocenters. The van der Waals surface area contributed by atoms with Crippen LogP contribution in [0.25, 0.3) is 5.69 Å². The van der Waals surface area contributed by atoms with Gasteiger partial charge in [-0.05, 0) is 6.07 Å².